The van der Waals surface area contributed by atoms with Crippen LogP contribution >= 0.6 is 0 Å². The number of aromatic nitrogens is 2. The van der Waals surface area contributed by atoms with Gasteiger partial charge >= 0.3 is 6.01 Å². The maximum Gasteiger partial charge on any atom is 0.322 e. The van der Waals surface area contributed by atoms with Gasteiger partial charge < -0.3 is 13.9 Å². The minimum absolute atomic E-state index is 0.0195. The normalized spacial score (nSPS) is 10.5. The highest BCUT2D eigenvalue weighted by Crippen LogP contribution is 2.28. The average Bonchev–Trinajstić information content (AvgIpc) is 3.12. The number of halogens is 1. The van der Waals surface area contributed by atoms with Crippen molar-refractivity contribution in [2.75, 3.05) is 18.5 Å². The Kier molecular flexibility index (Phi) is 6.21. The van der Waals surface area contributed by atoms with Crippen molar-refractivity contribution < 1.29 is 23.1 Å². The molecule has 28 heavy (non-hydrogen) atoms. The monoisotopic (exact) mass is 385 g/mol. The van der Waals surface area contributed by atoms with Crippen LogP contribution in [-0.2, 0) is 6.42 Å². The molecule has 0 radical (unpaired) electrons. The van der Waals surface area contributed by atoms with Crippen molar-refractivity contribution in [2.24, 2.45) is 0 Å². The summed E-state index contributed by atoms with van der Waals surface area (Å²) < 4.78 is 29.4. The van der Waals surface area contributed by atoms with Crippen LogP contribution in [0.4, 0.5) is 10.4 Å². The third-order valence-electron chi connectivity index (χ3n) is 3.76. The molecule has 0 spiro atoms. The van der Waals surface area contributed by atoms with Gasteiger partial charge in [0.2, 0.25) is 5.89 Å². The standard InChI is InChI=1S/C20H20FN3O4/c1-3-26-16-10-7-14(12-17(16)27-4-2)19(25)22-20-24-23-18(28-20)11-13-5-8-15(21)9-6-13/h5-10,12H,3-4,11H2,1-2H3,(H,22,24,25). The summed E-state index contributed by atoms with van der Waals surface area (Å²) in [7, 11) is 0. The van der Waals surface area contributed by atoms with Crippen molar-refractivity contribution in [1.82, 2.24) is 10.2 Å². The number of benzene rings is 2. The number of rotatable bonds is 8. The SMILES string of the molecule is CCOc1ccc(C(=O)Nc2nnc(Cc3ccc(F)cc3)o2)cc1OCC. The van der Waals surface area contributed by atoms with E-state index in [9.17, 15) is 9.18 Å². The highest BCUT2D eigenvalue weighted by atomic mass is 19.1. The Morgan fingerprint density at radius 3 is 2.46 bits per heavy atom. The molecule has 146 valence electrons. The number of carbonyl (C=O) groups excluding carboxylic acids is 1. The molecule has 3 aromatic rings. The maximum atomic E-state index is 13.0. The number of hydrogen-bond acceptors (Lipinski definition) is 6. The van der Waals surface area contributed by atoms with Crippen molar-refractivity contribution in [3.63, 3.8) is 0 Å². The van der Waals surface area contributed by atoms with Gasteiger partial charge in [-0.2, -0.15) is 0 Å². The minimum atomic E-state index is -0.416. The van der Waals surface area contributed by atoms with E-state index in [1.807, 2.05) is 13.8 Å². The fraction of sp³-hybridized carbons (Fsp3) is 0.250. The van der Waals surface area contributed by atoms with Gasteiger partial charge in [0.15, 0.2) is 11.5 Å². The predicted octanol–water partition coefficient (Wildman–Crippen LogP) is 3.85. The van der Waals surface area contributed by atoms with Gasteiger partial charge in [0, 0.05) is 5.56 Å². The van der Waals surface area contributed by atoms with Crippen LogP contribution in [0, 0.1) is 5.82 Å². The summed E-state index contributed by atoms with van der Waals surface area (Å²) in [6.45, 7) is 4.66. The van der Waals surface area contributed by atoms with E-state index in [0.717, 1.165) is 5.56 Å². The van der Waals surface area contributed by atoms with Crippen molar-refractivity contribution in [1.29, 1.82) is 0 Å². The highest BCUT2D eigenvalue weighted by molar-refractivity contribution is 6.03. The van der Waals surface area contributed by atoms with Gasteiger partial charge in [-0.05, 0) is 49.7 Å². The molecule has 0 atom stereocenters. The molecule has 1 amide bonds. The largest absolute Gasteiger partial charge is 0.490 e. The van der Waals surface area contributed by atoms with Gasteiger partial charge in [-0.1, -0.05) is 17.2 Å². The zero-order chi connectivity index (χ0) is 19.9. The first kappa shape index (κ1) is 19.3. The Hall–Kier alpha value is -3.42. The summed E-state index contributed by atoms with van der Waals surface area (Å²) in [5, 5.41) is 10.3. The average molecular weight is 385 g/mol. The fourth-order valence-corrected chi connectivity index (χ4v) is 2.51. The number of amides is 1. The molecular weight excluding hydrogens is 365 g/mol. The number of nitrogens with zero attached hydrogens (tertiary/aromatic N) is 2. The summed E-state index contributed by atoms with van der Waals surface area (Å²) in [5.41, 5.74) is 1.18. The van der Waals surface area contributed by atoms with E-state index in [-0.39, 0.29) is 11.8 Å². The molecule has 7 nitrogen and oxygen atoms in total. The molecule has 0 aliphatic carbocycles. The Balaban J connectivity index is 1.68. The minimum Gasteiger partial charge on any atom is -0.490 e. The Bertz CT molecular complexity index is 941. The third-order valence-corrected chi connectivity index (χ3v) is 3.76. The second kappa shape index (κ2) is 8.98. The van der Waals surface area contributed by atoms with Crippen LogP contribution < -0.4 is 14.8 Å². The van der Waals surface area contributed by atoms with E-state index in [0.29, 0.717) is 42.6 Å². The van der Waals surface area contributed by atoms with Crippen molar-refractivity contribution in [3.8, 4) is 11.5 Å². The van der Waals surface area contributed by atoms with Gasteiger partial charge in [-0.3, -0.25) is 10.1 Å². The molecule has 0 unspecified atom stereocenters. The number of anilines is 1. The van der Waals surface area contributed by atoms with Crippen LogP contribution in [0.3, 0.4) is 0 Å². The first-order chi connectivity index (χ1) is 13.6. The Labute approximate surface area is 161 Å². The van der Waals surface area contributed by atoms with Crippen LogP contribution in [0.5, 0.6) is 11.5 Å². The molecule has 0 saturated heterocycles. The lowest BCUT2D eigenvalue weighted by Crippen LogP contribution is -2.12. The Morgan fingerprint density at radius 1 is 1.04 bits per heavy atom. The number of carbonyl (C=O) groups is 1. The molecule has 0 aliphatic heterocycles. The van der Waals surface area contributed by atoms with Gasteiger partial charge in [-0.25, -0.2) is 4.39 Å². The van der Waals surface area contributed by atoms with Crippen LogP contribution in [0.15, 0.2) is 46.9 Å². The van der Waals surface area contributed by atoms with E-state index in [2.05, 4.69) is 15.5 Å². The maximum absolute atomic E-state index is 13.0. The lowest BCUT2D eigenvalue weighted by Gasteiger charge is -2.11. The first-order valence-corrected chi connectivity index (χ1v) is 8.86. The van der Waals surface area contributed by atoms with E-state index in [4.69, 9.17) is 13.9 Å². The summed E-state index contributed by atoms with van der Waals surface area (Å²) in [6.07, 6.45) is 0.334. The lowest BCUT2D eigenvalue weighted by molar-refractivity contribution is 0.102. The molecule has 0 fully saturated rings. The Morgan fingerprint density at radius 2 is 1.75 bits per heavy atom. The quantitative estimate of drug-likeness (QED) is 0.634. The second-order valence-corrected chi connectivity index (χ2v) is 5.79. The number of ether oxygens (including phenoxy) is 2. The topological polar surface area (TPSA) is 86.5 Å². The number of nitrogens with one attached hydrogen (secondary N) is 1. The van der Waals surface area contributed by atoms with Crippen LogP contribution in [0.1, 0.15) is 35.7 Å². The van der Waals surface area contributed by atoms with E-state index in [1.54, 1.807) is 30.3 Å². The fourth-order valence-electron chi connectivity index (χ4n) is 2.51. The van der Waals surface area contributed by atoms with E-state index >= 15 is 0 Å². The molecular formula is C20H20FN3O4. The third kappa shape index (κ3) is 4.85. The summed E-state index contributed by atoms with van der Waals surface area (Å²) in [5.74, 6) is 0.633. The van der Waals surface area contributed by atoms with Crippen LogP contribution in [0.2, 0.25) is 0 Å². The zero-order valence-corrected chi connectivity index (χ0v) is 15.6. The second-order valence-electron chi connectivity index (χ2n) is 5.79. The van der Waals surface area contributed by atoms with Gasteiger partial charge in [0.25, 0.3) is 5.91 Å². The zero-order valence-electron chi connectivity index (χ0n) is 15.6. The highest BCUT2D eigenvalue weighted by Gasteiger charge is 2.15. The molecule has 0 aliphatic rings. The molecule has 0 saturated carbocycles. The predicted molar refractivity (Wildman–Crippen MR) is 100 cm³/mol. The van der Waals surface area contributed by atoms with Crippen LogP contribution in [-0.4, -0.2) is 29.3 Å². The molecule has 1 heterocycles. The van der Waals surface area contributed by atoms with Gasteiger partial charge in [0.1, 0.15) is 5.82 Å². The van der Waals surface area contributed by atoms with E-state index < -0.39 is 5.91 Å². The van der Waals surface area contributed by atoms with Crippen LogP contribution in [0.25, 0.3) is 0 Å². The van der Waals surface area contributed by atoms with E-state index in [1.165, 1.54) is 12.1 Å². The molecule has 2 aromatic carbocycles. The summed E-state index contributed by atoms with van der Waals surface area (Å²) in [4.78, 5) is 12.5. The molecule has 0 bridgehead atoms. The van der Waals surface area contributed by atoms with Gasteiger partial charge in [-0.15, -0.1) is 5.10 Å². The first-order valence-electron chi connectivity index (χ1n) is 8.86. The van der Waals surface area contributed by atoms with Crippen molar-refractivity contribution >= 4 is 11.9 Å². The van der Waals surface area contributed by atoms with Crippen molar-refractivity contribution in [3.05, 3.63) is 65.3 Å². The summed E-state index contributed by atoms with van der Waals surface area (Å²) >= 11 is 0. The van der Waals surface area contributed by atoms with Crippen molar-refractivity contribution in [2.45, 2.75) is 20.3 Å². The molecule has 8 heteroatoms. The summed E-state index contributed by atoms with van der Waals surface area (Å²) in [6, 6.07) is 10.9. The van der Waals surface area contributed by atoms with Gasteiger partial charge in [0.05, 0.1) is 19.6 Å². The smallest absolute Gasteiger partial charge is 0.322 e. The molecule has 3 rings (SSSR count). The number of hydrogen-bond donors (Lipinski definition) is 1. The molecule has 1 aromatic heterocycles. The molecule has 1 N–H and O–H groups in total. The lowest BCUT2D eigenvalue weighted by atomic mass is 10.1.